The zero-order chi connectivity index (χ0) is 24.1. The summed E-state index contributed by atoms with van der Waals surface area (Å²) in [6.07, 6.45) is -1.01. The summed E-state index contributed by atoms with van der Waals surface area (Å²) in [5.41, 5.74) is 1.79. The average Bonchev–Trinajstić information content (AvgIpc) is 3.40. The lowest BCUT2D eigenvalue weighted by Crippen LogP contribution is -2.37. The van der Waals surface area contributed by atoms with E-state index in [-0.39, 0.29) is 11.6 Å². The van der Waals surface area contributed by atoms with Crippen molar-refractivity contribution in [3.8, 4) is 0 Å². The number of nitrogens with zero attached hydrogens (tertiary/aromatic N) is 3. The highest BCUT2D eigenvalue weighted by Gasteiger charge is 2.60. The monoisotopic (exact) mass is 465 g/mol. The highest BCUT2D eigenvalue weighted by atomic mass is 16.7. The van der Waals surface area contributed by atoms with Gasteiger partial charge in [0.05, 0.1) is 22.3 Å². The third kappa shape index (κ3) is 3.26. The summed E-state index contributed by atoms with van der Waals surface area (Å²) in [5.74, 6) is -1.61. The van der Waals surface area contributed by atoms with Crippen LogP contribution in [0.3, 0.4) is 0 Å². The number of carbonyl (C=O) groups is 2. The van der Waals surface area contributed by atoms with Crippen molar-refractivity contribution in [1.82, 2.24) is 0 Å². The van der Waals surface area contributed by atoms with E-state index in [1.165, 1.54) is 17.0 Å². The zero-order valence-electron chi connectivity index (χ0n) is 18.4. The number of hydroxylamine groups is 1. The number of amides is 2. The van der Waals surface area contributed by atoms with Crippen molar-refractivity contribution in [2.75, 3.05) is 9.96 Å². The molecule has 2 amide bonds. The lowest BCUT2D eigenvalue weighted by molar-refractivity contribution is -0.384. The number of anilines is 2. The second-order valence-electron chi connectivity index (χ2n) is 8.52. The Morgan fingerprint density at radius 1 is 0.771 bits per heavy atom. The molecule has 3 atom stereocenters. The van der Waals surface area contributed by atoms with Crippen LogP contribution < -0.4 is 9.96 Å². The second kappa shape index (κ2) is 8.03. The summed E-state index contributed by atoms with van der Waals surface area (Å²) in [4.78, 5) is 45.5. The van der Waals surface area contributed by atoms with Crippen LogP contribution in [0.25, 0.3) is 10.8 Å². The number of hydrogen-bond donors (Lipinski definition) is 0. The van der Waals surface area contributed by atoms with Gasteiger partial charge in [0.2, 0.25) is 5.91 Å². The number of para-hydroxylation sites is 1. The molecule has 0 saturated carbocycles. The third-order valence-corrected chi connectivity index (χ3v) is 6.58. The minimum atomic E-state index is -1.01. The first-order valence-corrected chi connectivity index (χ1v) is 11.2. The summed E-state index contributed by atoms with van der Waals surface area (Å²) < 4.78 is 0. The van der Waals surface area contributed by atoms with Gasteiger partial charge in [0, 0.05) is 17.5 Å². The Morgan fingerprint density at radius 2 is 1.46 bits per heavy atom. The standard InChI is InChI=1S/C27H19N3O5/c31-26-23-24(18-13-15-20(16-14-18)30(33)34)29(19-9-2-1-3-10-19)35-25(23)27(32)28(26)22-12-6-8-17-7-4-5-11-21(17)22/h1-16,23-25H/t23-,24-,25-/m0/s1. The SMILES string of the molecule is O=C1[C@@H]2[C@H](ON(c3ccccc3)[C@H]2c2ccc([N+](=O)[O-])cc2)C(=O)N1c1cccc2ccccc12. The van der Waals surface area contributed by atoms with Gasteiger partial charge in [-0.2, -0.15) is 0 Å². The highest BCUT2D eigenvalue weighted by molar-refractivity contribution is 6.26. The van der Waals surface area contributed by atoms with Gasteiger partial charge in [-0.1, -0.05) is 66.7 Å². The molecule has 0 spiro atoms. The van der Waals surface area contributed by atoms with Gasteiger partial charge < -0.3 is 0 Å². The van der Waals surface area contributed by atoms with E-state index >= 15 is 0 Å². The van der Waals surface area contributed by atoms with Gasteiger partial charge >= 0.3 is 0 Å². The molecule has 0 N–H and O–H groups in total. The maximum Gasteiger partial charge on any atom is 0.269 e. The number of nitro groups is 1. The first-order chi connectivity index (χ1) is 17.0. The number of imide groups is 1. The first kappa shape index (κ1) is 21.0. The Balaban J connectivity index is 1.45. The van der Waals surface area contributed by atoms with Gasteiger partial charge in [-0.15, -0.1) is 0 Å². The number of fused-ring (bicyclic) bond motifs is 2. The summed E-state index contributed by atoms with van der Waals surface area (Å²) in [6, 6.07) is 27.7. The van der Waals surface area contributed by atoms with E-state index in [0.29, 0.717) is 16.9 Å². The molecule has 4 aromatic rings. The quantitative estimate of drug-likeness (QED) is 0.244. The van der Waals surface area contributed by atoms with Crippen LogP contribution in [0.15, 0.2) is 97.1 Å². The zero-order valence-corrected chi connectivity index (χ0v) is 18.4. The fourth-order valence-electron chi connectivity index (χ4n) is 4.99. The molecule has 4 aromatic carbocycles. The van der Waals surface area contributed by atoms with Crippen LogP contribution in [0.5, 0.6) is 0 Å². The Bertz CT molecular complexity index is 1470. The van der Waals surface area contributed by atoms with Crippen LogP contribution in [0.1, 0.15) is 11.6 Å². The Morgan fingerprint density at radius 3 is 2.20 bits per heavy atom. The molecule has 0 bridgehead atoms. The molecular formula is C27H19N3O5. The first-order valence-electron chi connectivity index (χ1n) is 11.2. The number of hydrogen-bond acceptors (Lipinski definition) is 6. The molecule has 2 saturated heterocycles. The minimum Gasteiger partial charge on any atom is -0.273 e. The fourth-order valence-corrected chi connectivity index (χ4v) is 4.99. The van der Waals surface area contributed by atoms with Crippen LogP contribution >= 0.6 is 0 Å². The van der Waals surface area contributed by atoms with Crippen molar-refractivity contribution in [1.29, 1.82) is 0 Å². The summed E-state index contributed by atoms with van der Waals surface area (Å²) >= 11 is 0. The van der Waals surface area contributed by atoms with E-state index in [1.807, 2.05) is 66.7 Å². The predicted octanol–water partition coefficient (Wildman–Crippen LogP) is 4.80. The largest absolute Gasteiger partial charge is 0.273 e. The van der Waals surface area contributed by atoms with Crippen molar-refractivity contribution in [3.05, 3.63) is 113 Å². The van der Waals surface area contributed by atoms with Gasteiger partial charge in [0.1, 0.15) is 5.92 Å². The van der Waals surface area contributed by atoms with Crippen molar-refractivity contribution in [2.45, 2.75) is 12.1 Å². The molecule has 35 heavy (non-hydrogen) atoms. The fraction of sp³-hybridized carbons (Fsp3) is 0.111. The number of rotatable bonds is 4. The van der Waals surface area contributed by atoms with Gasteiger partial charge in [0.25, 0.3) is 11.6 Å². The van der Waals surface area contributed by atoms with Crippen LogP contribution in [-0.4, -0.2) is 22.8 Å². The van der Waals surface area contributed by atoms with Crippen molar-refractivity contribution in [3.63, 3.8) is 0 Å². The van der Waals surface area contributed by atoms with Gasteiger partial charge in [-0.05, 0) is 29.1 Å². The second-order valence-corrected chi connectivity index (χ2v) is 8.52. The van der Waals surface area contributed by atoms with Gasteiger partial charge in [-0.25, -0.2) is 9.96 Å². The normalized spacial score (nSPS) is 21.5. The number of nitro benzene ring substituents is 1. The molecule has 2 aliphatic heterocycles. The van der Waals surface area contributed by atoms with E-state index in [9.17, 15) is 19.7 Å². The average molecular weight is 465 g/mol. The van der Waals surface area contributed by atoms with Crippen molar-refractivity contribution in [2.24, 2.45) is 5.92 Å². The Labute approximate surface area is 200 Å². The van der Waals surface area contributed by atoms with Crippen molar-refractivity contribution >= 4 is 39.6 Å². The maximum atomic E-state index is 13.9. The van der Waals surface area contributed by atoms with Crippen LogP contribution in [-0.2, 0) is 14.4 Å². The van der Waals surface area contributed by atoms with E-state index in [2.05, 4.69) is 0 Å². The van der Waals surface area contributed by atoms with E-state index in [1.54, 1.807) is 23.3 Å². The Hall–Kier alpha value is -4.56. The van der Waals surface area contributed by atoms with E-state index in [4.69, 9.17) is 4.84 Å². The third-order valence-electron chi connectivity index (χ3n) is 6.58. The number of non-ortho nitro benzene ring substituents is 1. The molecule has 2 fully saturated rings. The van der Waals surface area contributed by atoms with Gasteiger partial charge in [0.15, 0.2) is 6.10 Å². The van der Waals surface area contributed by atoms with Crippen molar-refractivity contribution < 1.29 is 19.3 Å². The lowest BCUT2D eigenvalue weighted by atomic mass is 9.90. The maximum absolute atomic E-state index is 13.9. The smallest absolute Gasteiger partial charge is 0.269 e. The molecule has 0 radical (unpaired) electrons. The topological polar surface area (TPSA) is 93.0 Å². The molecule has 2 aliphatic rings. The van der Waals surface area contributed by atoms with E-state index < -0.39 is 28.9 Å². The summed E-state index contributed by atoms with van der Waals surface area (Å²) in [7, 11) is 0. The van der Waals surface area contributed by atoms with Gasteiger partial charge in [-0.3, -0.25) is 24.5 Å². The number of carbonyl (C=O) groups excluding carboxylic acids is 2. The molecular weight excluding hydrogens is 446 g/mol. The Kier molecular flexibility index (Phi) is 4.82. The van der Waals surface area contributed by atoms with Crippen LogP contribution in [0, 0.1) is 16.0 Å². The van der Waals surface area contributed by atoms with Crippen LogP contribution in [0.2, 0.25) is 0 Å². The molecule has 2 heterocycles. The summed E-state index contributed by atoms with van der Waals surface area (Å²) in [5, 5.41) is 14.5. The minimum absolute atomic E-state index is 0.0540. The summed E-state index contributed by atoms with van der Waals surface area (Å²) in [6.45, 7) is 0. The predicted molar refractivity (Wildman–Crippen MR) is 130 cm³/mol. The molecule has 0 aromatic heterocycles. The number of benzene rings is 4. The molecule has 8 nitrogen and oxygen atoms in total. The molecule has 6 rings (SSSR count). The van der Waals surface area contributed by atoms with Crippen LogP contribution in [0.4, 0.5) is 17.1 Å². The molecule has 0 aliphatic carbocycles. The molecule has 8 heteroatoms. The van der Waals surface area contributed by atoms with E-state index in [0.717, 1.165) is 10.8 Å². The lowest BCUT2D eigenvalue weighted by Gasteiger charge is -2.29. The molecule has 172 valence electrons. The highest BCUT2D eigenvalue weighted by Crippen LogP contribution is 2.48. The molecule has 0 unspecified atom stereocenters.